The molecule has 1 atom stereocenters. The summed E-state index contributed by atoms with van der Waals surface area (Å²) in [6.45, 7) is 5.53. The van der Waals surface area contributed by atoms with Gasteiger partial charge >= 0.3 is 0 Å². The van der Waals surface area contributed by atoms with Gasteiger partial charge in [-0.15, -0.1) is 6.58 Å². The van der Waals surface area contributed by atoms with Crippen molar-refractivity contribution in [3.63, 3.8) is 0 Å². The van der Waals surface area contributed by atoms with E-state index in [9.17, 15) is 5.11 Å². The predicted molar refractivity (Wildman–Crippen MR) is 66.9 cm³/mol. The van der Waals surface area contributed by atoms with Gasteiger partial charge in [-0.25, -0.2) is 0 Å². The predicted octanol–water partition coefficient (Wildman–Crippen LogP) is 3.43. The average molecular weight is 270 g/mol. The maximum absolute atomic E-state index is 9.91. The number of aromatic hydroxyl groups is 1. The van der Waals surface area contributed by atoms with Gasteiger partial charge < -0.3 is 10.8 Å². The Bertz CT molecular complexity index is 363. The average Bonchev–Trinajstić information content (AvgIpc) is 2.21. The van der Waals surface area contributed by atoms with E-state index >= 15 is 0 Å². The minimum atomic E-state index is -0.155. The van der Waals surface area contributed by atoms with Crippen molar-refractivity contribution < 1.29 is 5.11 Å². The Morgan fingerprint density at radius 2 is 2.27 bits per heavy atom. The quantitative estimate of drug-likeness (QED) is 0.823. The monoisotopic (exact) mass is 269 g/mol. The first-order valence-corrected chi connectivity index (χ1v) is 5.71. The number of benzene rings is 1. The first-order chi connectivity index (χ1) is 7.07. The van der Waals surface area contributed by atoms with E-state index in [4.69, 9.17) is 5.73 Å². The highest BCUT2D eigenvalue weighted by Crippen LogP contribution is 2.34. The Labute approximate surface area is 98.9 Å². The lowest BCUT2D eigenvalue weighted by atomic mass is 9.99. The van der Waals surface area contributed by atoms with Crippen molar-refractivity contribution in [2.45, 2.75) is 25.8 Å². The van der Waals surface area contributed by atoms with E-state index in [0.717, 1.165) is 28.4 Å². The van der Waals surface area contributed by atoms with Crippen LogP contribution in [0.5, 0.6) is 5.75 Å². The fourth-order valence-electron chi connectivity index (χ4n) is 1.49. The van der Waals surface area contributed by atoms with E-state index in [1.807, 2.05) is 25.1 Å². The minimum Gasteiger partial charge on any atom is -0.507 e. The lowest BCUT2D eigenvalue weighted by Crippen LogP contribution is -2.11. The second-order valence-electron chi connectivity index (χ2n) is 3.60. The summed E-state index contributed by atoms with van der Waals surface area (Å²) in [6, 6.07) is 3.62. The molecule has 3 N–H and O–H groups in total. The van der Waals surface area contributed by atoms with Gasteiger partial charge in [-0.05, 0) is 31.4 Å². The molecule has 0 heterocycles. The van der Waals surface area contributed by atoms with Crippen LogP contribution >= 0.6 is 15.9 Å². The van der Waals surface area contributed by atoms with Crippen LogP contribution in [0, 0.1) is 6.92 Å². The van der Waals surface area contributed by atoms with Gasteiger partial charge in [-0.1, -0.05) is 28.1 Å². The summed E-state index contributed by atoms with van der Waals surface area (Å²) >= 11 is 3.41. The Hall–Kier alpha value is -0.800. The molecule has 82 valence electrons. The zero-order chi connectivity index (χ0) is 11.4. The number of halogens is 1. The summed E-state index contributed by atoms with van der Waals surface area (Å²) in [4.78, 5) is 0. The Kier molecular flexibility index (Phi) is 4.36. The lowest BCUT2D eigenvalue weighted by Gasteiger charge is -2.16. The van der Waals surface area contributed by atoms with E-state index in [1.165, 1.54) is 0 Å². The van der Waals surface area contributed by atoms with E-state index in [1.54, 1.807) is 0 Å². The minimum absolute atomic E-state index is 0.155. The van der Waals surface area contributed by atoms with Crippen molar-refractivity contribution >= 4 is 15.9 Å². The molecule has 3 heteroatoms. The number of aryl methyl sites for hydroxylation is 1. The molecule has 1 rings (SSSR count). The third kappa shape index (κ3) is 2.83. The number of hydrogen-bond acceptors (Lipinski definition) is 2. The van der Waals surface area contributed by atoms with Crippen LogP contribution in [0.4, 0.5) is 0 Å². The number of allylic oxidation sites excluding steroid dienone is 1. The van der Waals surface area contributed by atoms with E-state index in [0.29, 0.717) is 5.75 Å². The van der Waals surface area contributed by atoms with Gasteiger partial charge in [0.2, 0.25) is 0 Å². The first kappa shape index (κ1) is 12.3. The second kappa shape index (κ2) is 5.33. The molecule has 0 bridgehead atoms. The molecule has 0 fully saturated rings. The fraction of sp³-hybridized carbons (Fsp3) is 0.333. The van der Waals surface area contributed by atoms with Gasteiger partial charge in [0.05, 0.1) is 0 Å². The maximum Gasteiger partial charge on any atom is 0.124 e. The zero-order valence-electron chi connectivity index (χ0n) is 8.83. The van der Waals surface area contributed by atoms with Gasteiger partial charge in [0, 0.05) is 16.1 Å². The smallest absolute Gasteiger partial charge is 0.124 e. The largest absolute Gasteiger partial charge is 0.507 e. The Morgan fingerprint density at radius 1 is 1.60 bits per heavy atom. The fourth-order valence-corrected chi connectivity index (χ4v) is 2.10. The molecular formula is C12H16BrNO. The van der Waals surface area contributed by atoms with E-state index in [-0.39, 0.29) is 6.04 Å². The first-order valence-electron chi connectivity index (χ1n) is 4.92. The molecule has 0 aliphatic carbocycles. The van der Waals surface area contributed by atoms with Crippen molar-refractivity contribution in [3.8, 4) is 5.75 Å². The summed E-state index contributed by atoms with van der Waals surface area (Å²) in [5, 5.41) is 9.91. The van der Waals surface area contributed by atoms with Gasteiger partial charge in [0.25, 0.3) is 0 Å². The maximum atomic E-state index is 9.91. The summed E-state index contributed by atoms with van der Waals surface area (Å²) in [5.41, 5.74) is 7.65. The Morgan fingerprint density at radius 3 is 2.87 bits per heavy atom. The highest BCUT2D eigenvalue weighted by atomic mass is 79.9. The van der Waals surface area contributed by atoms with E-state index < -0.39 is 0 Å². The molecule has 0 aliphatic heterocycles. The number of phenolic OH excluding ortho intramolecular Hbond substituents is 1. The number of phenols is 1. The standard InChI is InChI=1S/C12H16BrNO/c1-3-4-5-10(14)11-9(13)7-6-8(2)12(11)15/h3,6-7,10,15H,1,4-5,14H2,2H3/t10-/m0/s1. The van der Waals surface area contributed by atoms with Crippen LogP contribution in [0.25, 0.3) is 0 Å². The number of rotatable bonds is 4. The molecule has 1 aromatic rings. The molecule has 0 unspecified atom stereocenters. The lowest BCUT2D eigenvalue weighted by molar-refractivity contribution is 0.454. The molecule has 0 aromatic heterocycles. The number of nitrogens with two attached hydrogens (primary N) is 1. The van der Waals surface area contributed by atoms with Gasteiger partial charge in [0.15, 0.2) is 0 Å². The third-order valence-electron chi connectivity index (χ3n) is 2.42. The highest BCUT2D eigenvalue weighted by Gasteiger charge is 2.15. The van der Waals surface area contributed by atoms with Gasteiger partial charge in [-0.2, -0.15) is 0 Å². The van der Waals surface area contributed by atoms with Crippen LogP contribution in [0.2, 0.25) is 0 Å². The van der Waals surface area contributed by atoms with Crippen molar-refractivity contribution in [2.24, 2.45) is 5.73 Å². The second-order valence-corrected chi connectivity index (χ2v) is 4.45. The molecule has 0 aliphatic rings. The molecule has 15 heavy (non-hydrogen) atoms. The van der Waals surface area contributed by atoms with Gasteiger partial charge in [0.1, 0.15) is 5.75 Å². The molecule has 0 spiro atoms. The van der Waals surface area contributed by atoms with Crippen LogP contribution in [-0.2, 0) is 0 Å². The van der Waals surface area contributed by atoms with Crippen LogP contribution in [0.3, 0.4) is 0 Å². The van der Waals surface area contributed by atoms with Crippen LogP contribution in [0.15, 0.2) is 29.3 Å². The summed E-state index contributed by atoms with van der Waals surface area (Å²) in [5.74, 6) is 0.293. The molecule has 2 nitrogen and oxygen atoms in total. The molecule has 1 aromatic carbocycles. The van der Waals surface area contributed by atoms with Crippen LogP contribution in [0.1, 0.15) is 30.0 Å². The summed E-state index contributed by atoms with van der Waals surface area (Å²) in [6.07, 6.45) is 3.47. The van der Waals surface area contributed by atoms with Crippen molar-refractivity contribution in [1.29, 1.82) is 0 Å². The summed E-state index contributed by atoms with van der Waals surface area (Å²) < 4.78 is 0.863. The summed E-state index contributed by atoms with van der Waals surface area (Å²) in [7, 11) is 0. The normalized spacial score (nSPS) is 12.5. The third-order valence-corrected chi connectivity index (χ3v) is 3.11. The van der Waals surface area contributed by atoms with Crippen molar-refractivity contribution in [1.82, 2.24) is 0 Å². The molecule has 0 saturated heterocycles. The van der Waals surface area contributed by atoms with Crippen molar-refractivity contribution in [3.05, 3.63) is 40.4 Å². The van der Waals surface area contributed by atoms with Crippen LogP contribution < -0.4 is 5.73 Å². The molecule has 0 amide bonds. The molecule has 0 radical (unpaired) electrons. The highest BCUT2D eigenvalue weighted by molar-refractivity contribution is 9.10. The number of hydrogen-bond donors (Lipinski definition) is 2. The van der Waals surface area contributed by atoms with E-state index in [2.05, 4.69) is 22.5 Å². The Balaban J connectivity index is 3.01. The van der Waals surface area contributed by atoms with Crippen LogP contribution in [-0.4, -0.2) is 5.11 Å². The SMILES string of the molecule is C=CCC[C@H](N)c1c(Br)ccc(C)c1O. The molecular weight excluding hydrogens is 254 g/mol. The zero-order valence-corrected chi connectivity index (χ0v) is 10.4. The van der Waals surface area contributed by atoms with Crippen molar-refractivity contribution in [2.75, 3.05) is 0 Å². The topological polar surface area (TPSA) is 46.2 Å². The molecule has 0 saturated carbocycles. The van der Waals surface area contributed by atoms with Gasteiger partial charge in [-0.3, -0.25) is 0 Å².